The SMILES string of the molecule is O=C(O)CC(NC(=O)CNC(=O)c1cccc(NC(=O)NCc2ccccc2)c1)c1cc(Cl)cc(Cl)c1.[HH].[HH]. The van der Waals surface area contributed by atoms with Crippen LogP contribution in [0, 0.1) is 0 Å². The molecule has 196 valence electrons. The standard InChI is InChI=1S/C26H24Cl2N4O5.2H2/c27-19-9-18(10-20(28)12-19)22(13-24(34)35)32-23(33)15-29-25(36)17-7-4-8-21(11-17)31-26(37)30-14-16-5-2-1-3-6-16;;/h1-12,22H,13-15H2,(H,29,36)(H,32,33)(H,34,35)(H2,30,31,37);2*1H. The van der Waals surface area contributed by atoms with Crippen molar-refractivity contribution in [1.29, 1.82) is 0 Å². The van der Waals surface area contributed by atoms with Crippen LogP contribution in [0.5, 0.6) is 0 Å². The number of halogens is 2. The predicted octanol–water partition coefficient (Wildman–Crippen LogP) is 4.87. The van der Waals surface area contributed by atoms with Gasteiger partial charge in [-0.1, -0.05) is 59.6 Å². The van der Waals surface area contributed by atoms with Crippen LogP contribution in [0.3, 0.4) is 0 Å². The zero-order chi connectivity index (χ0) is 26.8. The second-order valence-corrected chi connectivity index (χ2v) is 8.85. The molecule has 0 spiro atoms. The number of amides is 4. The number of anilines is 1. The lowest BCUT2D eigenvalue weighted by atomic mass is 10.0. The van der Waals surface area contributed by atoms with Crippen molar-refractivity contribution in [2.24, 2.45) is 0 Å². The van der Waals surface area contributed by atoms with Gasteiger partial charge in [-0.2, -0.15) is 0 Å². The van der Waals surface area contributed by atoms with Crippen molar-refractivity contribution in [3.63, 3.8) is 0 Å². The molecule has 0 aromatic heterocycles. The molecule has 0 aliphatic carbocycles. The Balaban J connectivity index is 0.00000380. The lowest BCUT2D eigenvalue weighted by molar-refractivity contribution is -0.137. The molecule has 1 unspecified atom stereocenters. The highest BCUT2D eigenvalue weighted by molar-refractivity contribution is 6.34. The normalized spacial score (nSPS) is 11.2. The van der Waals surface area contributed by atoms with Crippen molar-refractivity contribution >= 4 is 52.7 Å². The minimum Gasteiger partial charge on any atom is -0.481 e. The molecule has 9 nitrogen and oxygen atoms in total. The molecule has 0 saturated carbocycles. The molecular weight excluding hydrogens is 519 g/mol. The van der Waals surface area contributed by atoms with E-state index in [9.17, 15) is 24.3 Å². The summed E-state index contributed by atoms with van der Waals surface area (Å²) in [6.45, 7) is -0.0648. The summed E-state index contributed by atoms with van der Waals surface area (Å²) in [7, 11) is 0. The van der Waals surface area contributed by atoms with Crippen LogP contribution in [0.1, 0.15) is 36.8 Å². The van der Waals surface area contributed by atoms with E-state index in [1.807, 2.05) is 30.3 Å². The van der Waals surface area contributed by atoms with Crippen molar-refractivity contribution in [1.82, 2.24) is 16.0 Å². The number of benzene rings is 3. The molecule has 1 atom stereocenters. The highest BCUT2D eigenvalue weighted by Crippen LogP contribution is 2.25. The Kier molecular flexibility index (Phi) is 9.88. The molecule has 11 heteroatoms. The maximum atomic E-state index is 12.6. The van der Waals surface area contributed by atoms with Crippen LogP contribution in [0.4, 0.5) is 10.5 Å². The topological polar surface area (TPSA) is 137 Å². The first-order valence-electron chi connectivity index (χ1n) is 11.1. The molecule has 5 N–H and O–H groups in total. The molecule has 0 aliphatic heterocycles. The van der Waals surface area contributed by atoms with Crippen LogP contribution >= 0.6 is 23.2 Å². The molecule has 0 aliphatic rings. The maximum absolute atomic E-state index is 12.6. The number of hydrogen-bond donors (Lipinski definition) is 5. The maximum Gasteiger partial charge on any atom is 0.319 e. The average molecular weight is 547 g/mol. The van der Waals surface area contributed by atoms with Crippen LogP contribution < -0.4 is 21.3 Å². The lowest BCUT2D eigenvalue weighted by Crippen LogP contribution is -2.39. The van der Waals surface area contributed by atoms with Gasteiger partial charge < -0.3 is 26.4 Å². The summed E-state index contributed by atoms with van der Waals surface area (Å²) in [6.07, 6.45) is -0.406. The summed E-state index contributed by atoms with van der Waals surface area (Å²) in [5.74, 6) is -2.29. The van der Waals surface area contributed by atoms with Crippen molar-refractivity contribution in [3.8, 4) is 0 Å². The average Bonchev–Trinajstić information content (AvgIpc) is 2.85. The number of nitrogens with one attached hydrogen (secondary N) is 4. The Morgan fingerprint density at radius 3 is 2.24 bits per heavy atom. The fourth-order valence-electron chi connectivity index (χ4n) is 3.40. The Bertz CT molecular complexity index is 1280. The van der Waals surface area contributed by atoms with E-state index < -0.39 is 42.8 Å². The number of carboxylic acid groups (broad SMARTS) is 1. The number of carbonyl (C=O) groups excluding carboxylic acids is 3. The molecule has 0 radical (unpaired) electrons. The molecule has 4 amide bonds. The van der Waals surface area contributed by atoms with Gasteiger partial charge in [-0.05, 0) is 47.5 Å². The molecule has 0 heterocycles. The van der Waals surface area contributed by atoms with Crippen LogP contribution in [0.2, 0.25) is 10.0 Å². The van der Waals surface area contributed by atoms with Crippen LogP contribution in [-0.2, 0) is 16.1 Å². The molecule has 3 rings (SSSR count). The summed E-state index contributed by atoms with van der Waals surface area (Å²) in [5, 5.41) is 20.2. The summed E-state index contributed by atoms with van der Waals surface area (Å²) >= 11 is 12.0. The van der Waals surface area contributed by atoms with Gasteiger partial charge in [0.25, 0.3) is 5.91 Å². The Hall–Kier alpha value is -4.08. The largest absolute Gasteiger partial charge is 0.481 e. The number of hydrogen-bond acceptors (Lipinski definition) is 4. The molecule has 0 saturated heterocycles. The van der Waals surface area contributed by atoms with Crippen molar-refractivity contribution in [2.75, 3.05) is 11.9 Å². The molecule has 0 bridgehead atoms. The third-order valence-corrected chi connectivity index (χ3v) is 5.53. The van der Waals surface area contributed by atoms with E-state index in [0.717, 1.165) is 5.56 Å². The van der Waals surface area contributed by atoms with E-state index in [4.69, 9.17) is 23.2 Å². The van der Waals surface area contributed by atoms with Crippen molar-refractivity contribution in [2.45, 2.75) is 19.0 Å². The Morgan fingerprint density at radius 2 is 1.57 bits per heavy atom. The van der Waals surface area contributed by atoms with Crippen LogP contribution in [0.15, 0.2) is 72.8 Å². The fourth-order valence-corrected chi connectivity index (χ4v) is 3.95. The highest BCUT2D eigenvalue weighted by Gasteiger charge is 2.20. The third-order valence-electron chi connectivity index (χ3n) is 5.09. The highest BCUT2D eigenvalue weighted by atomic mass is 35.5. The van der Waals surface area contributed by atoms with E-state index in [0.29, 0.717) is 27.8 Å². The molecule has 3 aromatic rings. The van der Waals surface area contributed by atoms with Gasteiger partial charge in [-0.15, -0.1) is 0 Å². The number of rotatable bonds is 10. The number of carboxylic acids is 1. The van der Waals surface area contributed by atoms with Gasteiger partial charge in [0.1, 0.15) is 0 Å². The first-order chi connectivity index (χ1) is 17.7. The van der Waals surface area contributed by atoms with E-state index in [1.54, 1.807) is 12.1 Å². The van der Waals surface area contributed by atoms with Crippen LogP contribution in [0.25, 0.3) is 0 Å². The Morgan fingerprint density at radius 1 is 0.865 bits per heavy atom. The van der Waals surface area contributed by atoms with Crippen LogP contribution in [-0.4, -0.2) is 35.5 Å². The number of urea groups is 1. The summed E-state index contributed by atoms with van der Waals surface area (Å²) in [6, 6.07) is 18.8. The van der Waals surface area contributed by atoms with Crippen molar-refractivity contribution < 1.29 is 27.1 Å². The number of carbonyl (C=O) groups is 4. The minimum absolute atomic E-state index is 0. The van der Waals surface area contributed by atoms with Gasteiger partial charge in [0, 0.05) is 30.7 Å². The molecule has 37 heavy (non-hydrogen) atoms. The smallest absolute Gasteiger partial charge is 0.319 e. The van der Waals surface area contributed by atoms with Gasteiger partial charge in [-0.25, -0.2) is 4.79 Å². The van der Waals surface area contributed by atoms with E-state index in [1.165, 1.54) is 30.3 Å². The second kappa shape index (κ2) is 13.3. The van der Waals surface area contributed by atoms with Gasteiger partial charge in [-0.3, -0.25) is 14.4 Å². The molecular formula is C26H28Cl2N4O5. The van der Waals surface area contributed by atoms with Gasteiger partial charge >= 0.3 is 12.0 Å². The fraction of sp³-hybridized carbons (Fsp3) is 0.154. The quantitative estimate of drug-likeness (QED) is 0.247. The van der Waals surface area contributed by atoms with Crippen molar-refractivity contribution in [3.05, 3.63) is 99.5 Å². The molecule has 0 fully saturated rings. The summed E-state index contributed by atoms with van der Waals surface area (Å²) in [5.41, 5.74) is 1.97. The summed E-state index contributed by atoms with van der Waals surface area (Å²) < 4.78 is 0. The molecule has 3 aromatic carbocycles. The zero-order valence-corrected chi connectivity index (χ0v) is 21.0. The van der Waals surface area contributed by atoms with Gasteiger partial charge in [0.05, 0.1) is 19.0 Å². The first kappa shape index (κ1) is 27.5. The minimum atomic E-state index is -1.14. The van der Waals surface area contributed by atoms with Gasteiger partial charge in [0.2, 0.25) is 5.91 Å². The van der Waals surface area contributed by atoms with E-state index >= 15 is 0 Å². The Labute approximate surface area is 226 Å². The predicted molar refractivity (Wildman–Crippen MR) is 145 cm³/mol. The first-order valence-corrected chi connectivity index (χ1v) is 11.9. The van der Waals surface area contributed by atoms with Gasteiger partial charge in [0.15, 0.2) is 0 Å². The monoisotopic (exact) mass is 546 g/mol. The zero-order valence-electron chi connectivity index (χ0n) is 19.5. The second-order valence-electron chi connectivity index (χ2n) is 7.98. The van der Waals surface area contributed by atoms with E-state index in [-0.39, 0.29) is 8.42 Å². The lowest BCUT2D eigenvalue weighted by Gasteiger charge is -2.18. The third kappa shape index (κ3) is 9.14. The number of aliphatic carboxylic acids is 1. The van der Waals surface area contributed by atoms with E-state index in [2.05, 4.69) is 21.3 Å². The summed E-state index contributed by atoms with van der Waals surface area (Å²) in [4.78, 5) is 48.5.